The van der Waals surface area contributed by atoms with Crippen molar-refractivity contribution in [1.82, 2.24) is 0 Å². The van der Waals surface area contributed by atoms with Crippen LogP contribution in [0.15, 0.2) is 54.6 Å². The van der Waals surface area contributed by atoms with Gasteiger partial charge < -0.3 is 5.11 Å². The molecule has 1 saturated carbocycles. The first-order valence-corrected chi connectivity index (χ1v) is 6.04. The second kappa shape index (κ2) is 3.71. The van der Waals surface area contributed by atoms with Gasteiger partial charge in [-0.2, -0.15) is 0 Å². The molecule has 2 aromatic rings. The average molecular weight is 224 g/mol. The Labute approximate surface area is 102 Å². The molecule has 1 N–H and O–H groups in total. The summed E-state index contributed by atoms with van der Waals surface area (Å²) in [6.07, 6.45) is 0.887. The van der Waals surface area contributed by atoms with Crippen molar-refractivity contribution in [3.63, 3.8) is 0 Å². The summed E-state index contributed by atoms with van der Waals surface area (Å²) >= 11 is 0. The number of hydrogen-bond acceptors (Lipinski definition) is 1. The number of benzene rings is 2. The molecule has 2 unspecified atom stereocenters. The largest absolute Gasteiger partial charge is 0.390 e. The molecule has 0 aliphatic heterocycles. The van der Waals surface area contributed by atoms with E-state index in [9.17, 15) is 5.11 Å². The first-order valence-electron chi connectivity index (χ1n) is 6.04. The van der Waals surface area contributed by atoms with Gasteiger partial charge in [-0.15, -0.1) is 0 Å². The lowest BCUT2D eigenvalue weighted by Crippen LogP contribution is -2.02. The molecule has 0 amide bonds. The van der Waals surface area contributed by atoms with Gasteiger partial charge in [-0.1, -0.05) is 54.6 Å². The third-order valence-electron chi connectivity index (χ3n) is 3.63. The van der Waals surface area contributed by atoms with Gasteiger partial charge in [-0.3, -0.25) is 0 Å². The van der Waals surface area contributed by atoms with E-state index in [0.717, 1.165) is 6.42 Å². The van der Waals surface area contributed by atoms with Gasteiger partial charge in [-0.25, -0.2) is 0 Å². The van der Waals surface area contributed by atoms with Crippen molar-refractivity contribution in [2.45, 2.75) is 24.9 Å². The minimum atomic E-state index is -0.478. The molecule has 2 aromatic carbocycles. The molecule has 0 bridgehead atoms. The Kier molecular flexibility index (Phi) is 2.30. The average Bonchev–Trinajstić information content (AvgIpc) is 3.00. The molecule has 0 aromatic heterocycles. The maximum absolute atomic E-state index is 9.83. The van der Waals surface area contributed by atoms with E-state index in [1.807, 2.05) is 13.0 Å². The summed E-state index contributed by atoms with van der Waals surface area (Å²) in [7, 11) is 0. The topological polar surface area (TPSA) is 20.2 Å². The van der Waals surface area contributed by atoms with Crippen molar-refractivity contribution in [3.8, 4) is 11.1 Å². The third kappa shape index (κ3) is 1.98. The molecule has 1 heteroatoms. The summed E-state index contributed by atoms with van der Waals surface area (Å²) in [6.45, 7) is 1.91. The van der Waals surface area contributed by atoms with E-state index in [1.54, 1.807) is 0 Å². The van der Waals surface area contributed by atoms with Crippen molar-refractivity contribution >= 4 is 0 Å². The summed E-state index contributed by atoms with van der Waals surface area (Å²) < 4.78 is 0. The van der Waals surface area contributed by atoms with E-state index in [4.69, 9.17) is 0 Å². The van der Waals surface area contributed by atoms with Crippen LogP contribution in [0.25, 0.3) is 11.1 Å². The van der Waals surface area contributed by atoms with Crippen LogP contribution in [0.3, 0.4) is 0 Å². The molecule has 3 rings (SSSR count). The minimum Gasteiger partial charge on any atom is -0.390 e. The predicted molar refractivity (Wildman–Crippen MR) is 69.9 cm³/mol. The Morgan fingerprint density at radius 3 is 2.00 bits per heavy atom. The van der Waals surface area contributed by atoms with Crippen molar-refractivity contribution in [2.75, 3.05) is 0 Å². The van der Waals surface area contributed by atoms with Gasteiger partial charge in [0.2, 0.25) is 0 Å². The second-order valence-electron chi connectivity index (χ2n) is 5.10. The van der Waals surface area contributed by atoms with Crippen LogP contribution < -0.4 is 0 Å². The molecule has 1 nitrogen and oxygen atoms in total. The molecule has 2 atom stereocenters. The van der Waals surface area contributed by atoms with Gasteiger partial charge in [0, 0.05) is 5.92 Å². The number of rotatable bonds is 2. The molecule has 1 aliphatic rings. The normalized spacial score (nSPS) is 26.8. The Morgan fingerprint density at radius 1 is 0.941 bits per heavy atom. The Hall–Kier alpha value is -1.60. The van der Waals surface area contributed by atoms with Crippen LogP contribution in [0, 0.1) is 0 Å². The van der Waals surface area contributed by atoms with Gasteiger partial charge >= 0.3 is 0 Å². The summed E-state index contributed by atoms with van der Waals surface area (Å²) in [5, 5.41) is 9.83. The Morgan fingerprint density at radius 2 is 1.47 bits per heavy atom. The van der Waals surface area contributed by atoms with E-state index >= 15 is 0 Å². The SMILES string of the molecule is CC1(O)CC1c1ccc(-c2ccccc2)cc1. The lowest BCUT2D eigenvalue weighted by Gasteiger charge is -2.05. The maximum Gasteiger partial charge on any atom is 0.0696 e. The van der Waals surface area contributed by atoms with Crippen molar-refractivity contribution in [3.05, 3.63) is 60.2 Å². The monoisotopic (exact) mass is 224 g/mol. The first-order chi connectivity index (χ1) is 8.17. The van der Waals surface area contributed by atoms with E-state index in [-0.39, 0.29) is 0 Å². The zero-order valence-corrected chi connectivity index (χ0v) is 9.93. The highest BCUT2D eigenvalue weighted by atomic mass is 16.3. The van der Waals surface area contributed by atoms with Crippen LogP contribution >= 0.6 is 0 Å². The predicted octanol–water partition coefficient (Wildman–Crippen LogP) is 3.59. The number of aliphatic hydroxyl groups is 1. The van der Waals surface area contributed by atoms with E-state index in [1.165, 1.54) is 16.7 Å². The van der Waals surface area contributed by atoms with Crippen LogP contribution in [0.4, 0.5) is 0 Å². The van der Waals surface area contributed by atoms with Crippen molar-refractivity contribution in [2.24, 2.45) is 0 Å². The molecule has 0 spiro atoms. The standard InChI is InChI=1S/C16H16O/c1-16(17)11-15(16)14-9-7-13(8-10-14)12-5-3-2-4-6-12/h2-10,15,17H,11H2,1H3. The summed E-state index contributed by atoms with van der Waals surface area (Å²) in [4.78, 5) is 0. The van der Waals surface area contributed by atoms with Crippen molar-refractivity contribution < 1.29 is 5.11 Å². The Bertz CT molecular complexity index is 511. The molecule has 0 radical (unpaired) electrons. The van der Waals surface area contributed by atoms with Crippen LogP contribution in [0.2, 0.25) is 0 Å². The van der Waals surface area contributed by atoms with E-state index < -0.39 is 5.60 Å². The minimum absolute atomic E-state index is 0.326. The zero-order valence-electron chi connectivity index (χ0n) is 9.93. The van der Waals surface area contributed by atoms with Gasteiger partial charge in [0.05, 0.1) is 5.60 Å². The molecular formula is C16H16O. The first kappa shape index (κ1) is 10.5. The van der Waals surface area contributed by atoms with Gasteiger partial charge in [0.25, 0.3) is 0 Å². The highest BCUT2D eigenvalue weighted by Crippen LogP contribution is 2.50. The fourth-order valence-electron chi connectivity index (χ4n) is 2.37. The maximum atomic E-state index is 9.83. The lowest BCUT2D eigenvalue weighted by atomic mass is 10.0. The van der Waals surface area contributed by atoms with Crippen LogP contribution in [-0.4, -0.2) is 10.7 Å². The molecular weight excluding hydrogens is 208 g/mol. The second-order valence-corrected chi connectivity index (χ2v) is 5.10. The summed E-state index contributed by atoms with van der Waals surface area (Å²) in [5.74, 6) is 0.326. The van der Waals surface area contributed by atoms with Crippen LogP contribution in [0.5, 0.6) is 0 Å². The molecule has 0 heterocycles. The third-order valence-corrected chi connectivity index (χ3v) is 3.63. The van der Waals surface area contributed by atoms with Gasteiger partial charge in [0.1, 0.15) is 0 Å². The molecule has 1 fully saturated rings. The Balaban J connectivity index is 1.87. The summed E-state index contributed by atoms with van der Waals surface area (Å²) in [6, 6.07) is 18.9. The van der Waals surface area contributed by atoms with Crippen LogP contribution in [-0.2, 0) is 0 Å². The van der Waals surface area contributed by atoms with Gasteiger partial charge in [-0.05, 0) is 30.0 Å². The molecule has 1 aliphatic carbocycles. The molecule has 17 heavy (non-hydrogen) atoms. The quantitative estimate of drug-likeness (QED) is 0.826. The van der Waals surface area contributed by atoms with Crippen molar-refractivity contribution in [1.29, 1.82) is 0 Å². The lowest BCUT2D eigenvalue weighted by molar-refractivity contribution is 0.164. The molecule has 86 valence electrons. The summed E-state index contributed by atoms with van der Waals surface area (Å²) in [5.41, 5.74) is 3.24. The van der Waals surface area contributed by atoms with Gasteiger partial charge in [0.15, 0.2) is 0 Å². The van der Waals surface area contributed by atoms with E-state index in [0.29, 0.717) is 5.92 Å². The smallest absolute Gasteiger partial charge is 0.0696 e. The highest BCUT2D eigenvalue weighted by Gasteiger charge is 2.49. The number of hydrogen-bond donors (Lipinski definition) is 1. The van der Waals surface area contributed by atoms with E-state index in [2.05, 4.69) is 48.5 Å². The zero-order chi connectivity index (χ0) is 11.9. The fourth-order valence-corrected chi connectivity index (χ4v) is 2.37. The fraction of sp³-hybridized carbons (Fsp3) is 0.250. The van der Waals surface area contributed by atoms with Crippen LogP contribution in [0.1, 0.15) is 24.8 Å². The molecule has 0 saturated heterocycles. The highest BCUT2D eigenvalue weighted by molar-refractivity contribution is 5.63.